The summed E-state index contributed by atoms with van der Waals surface area (Å²) in [4.78, 5) is 30.5. The highest BCUT2D eigenvalue weighted by atomic mass is 16.5. The second-order valence-corrected chi connectivity index (χ2v) is 3.70. The number of aliphatic carboxylic acids is 2. The first-order valence-electron chi connectivity index (χ1n) is 5.58. The first-order chi connectivity index (χ1) is 8.95. The van der Waals surface area contributed by atoms with Crippen LogP contribution < -0.4 is 9.64 Å². The van der Waals surface area contributed by atoms with E-state index in [-0.39, 0.29) is 5.82 Å². The van der Waals surface area contributed by atoms with Crippen LogP contribution in [0.3, 0.4) is 0 Å². The molecule has 0 fully saturated rings. The molecular weight excluding hydrogens is 254 g/mol. The fourth-order valence-electron chi connectivity index (χ4n) is 1.56. The average molecular weight is 269 g/mol. The Morgan fingerprint density at radius 2 is 1.84 bits per heavy atom. The maximum Gasteiger partial charge on any atom is 0.323 e. The Hall–Kier alpha value is -2.38. The van der Waals surface area contributed by atoms with Crippen molar-refractivity contribution in [3.05, 3.63) is 11.9 Å². The number of hydrogen-bond acceptors (Lipinski definition) is 6. The van der Waals surface area contributed by atoms with Gasteiger partial charge in [0.25, 0.3) is 0 Å². The largest absolute Gasteiger partial charge is 0.480 e. The number of carboxylic acids is 2. The molecule has 0 atom stereocenters. The van der Waals surface area contributed by atoms with E-state index in [0.717, 1.165) is 4.90 Å². The zero-order valence-corrected chi connectivity index (χ0v) is 10.7. The summed E-state index contributed by atoms with van der Waals surface area (Å²) in [6.07, 6.45) is 1.21. The molecule has 0 aliphatic carbocycles. The average Bonchev–Trinajstić information content (AvgIpc) is 2.30. The molecule has 1 aromatic heterocycles. The summed E-state index contributed by atoms with van der Waals surface area (Å²) >= 11 is 0. The number of carbonyl (C=O) groups is 2. The summed E-state index contributed by atoms with van der Waals surface area (Å²) in [5, 5.41) is 17.6. The summed E-state index contributed by atoms with van der Waals surface area (Å²) in [6, 6.07) is 0. The van der Waals surface area contributed by atoms with E-state index in [9.17, 15) is 9.59 Å². The van der Waals surface area contributed by atoms with Crippen LogP contribution in [0, 0.1) is 6.92 Å². The van der Waals surface area contributed by atoms with Crippen molar-refractivity contribution >= 4 is 17.8 Å². The highest BCUT2D eigenvalue weighted by Crippen LogP contribution is 2.23. The first-order valence-corrected chi connectivity index (χ1v) is 5.58. The minimum Gasteiger partial charge on any atom is -0.480 e. The van der Waals surface area contributed by atoms with Crippen LogP contribution in [0.15, 0.2) is 6.33 Å². The topological polar surface area (TPSA) is 113 Å². The van der Waals surface area contributed by atoms with E-state index in [2.05, 4.69) is 9.97 Å². The van der Waals surface area contributed by atoms with Gasteiger partial charge < -0.3 is 19.8 Å². The van der Waals surface area contributed by atoms with Gasteiger partial charge in [0.1, 0.15) is 25.2 Å². The molecule has 19 heavy (non-hydrogen) atoms. The molecule has 0 saturated heterocycles. The minimum atomic E-state index is -1.14. The number of rotatable bonds is 7. The Morgan fingerprint density at radius 1 is 1.26 bits per heavy atom. The standard InChI is InChI=1S/C11H15N3O5/c1-3-19-11-7(2)10(12-6-13-11)14(4-8(15)16)5-9(17)18/h6H,3-5H2,1-2H3,(H,15,16)(H,17,18). The van der Waals surface area contributed by atoms with E-state index in [1.54, 1.807) is 13.8 Å². The lowest BCUT2D eigenvalue weighted by Gasteiger charge is -2.21. The minimum absolute atomic E-state index is 0.239. The van der Waals surface area contributed by atoms with Crippen LogP contribution in [0.4, 0.5) is 5.82 Å². The molecule has 0 spiro atoms. The first kappa shape index (κ1) is 14.7. The lowest BCUT2D eigenvalue weighted by Crippen LogP contribution is -2.35. The van der Waals surface area contributed by atoms with E-state index >= 15 is 0 Å². The highest BCUT2D eigenvalue weighted by Gasteiger charge is 2.19. The predicted octanol–water partition coefficient (Wildman–Crippen LogP) is 0.159. The normalized spacial score (nSPS) is 10.0. The van der Waals surface area contributed by atoms with Gasteiger partial charge in [-0.2, -0.15) is 0 Å². The number of nitrogens with zero attached hydrogens (tertiary/aromatic N) is 3. The third-order valence-corrected chi connectivity index (χ3v) is 2.24. The molecular formula is C11H15N3O5. The van der Waals surface area contributed by atoms with Crippen molar-refractivity contribution in [2.24, 2.45) is 0 Å². The van der Waals surface area contributed by atoms with Gasteiger partial charge in [-0.15, -0.1) is 0 Å². The van der Waals surface area contributed by atoms with Gasteiger partial charge in [-0.1, -0.05) is 0 Å². The van der Waals surface area contributed by atoms with E-state index < -0.39 is 25.0 Å². The highest BCUT2D eigenvalue weighted by molar-refractivity contribution is 5.79. The molecule has 0 bridgehead atoms. The van der Waals surface area contributed by atoms with Gasteiger partial charge in [-0.05, 0) is 13.8 Å². The van der Waals surface area contributed by atoms with Crippen LogP contribution in [0.5, 0.6) is 5.88 Å². The molecule has 0 amide bonds. The SMILES string of the molecule is CCOc1ncnc(N(CC(=O)O)CC(=O)O)c1C. The molecule has 1 rings (SSSR count). The summed E-state index contributed by atoms with van der Waals surface area (Å²) in [7, 11) is 0. The lowest BCUT2D eigenvalue weighted by atomic mass is 10.3. The number of anilines is 1. The van der Waals surface area contributed by atoms with Crippen LogP contribution in [0.25, 0.3) is 0 Å². The van der Waals surface area contributed by atoms with Gasteiger partial charge in [0.05, 0.1) is 12.2 Å². The van der Waals surface area contributed by atoms with Gasteiger partial charge in [0.15, 0.2) is 0 Å². The van der Waals surface area contributed by atoms with Gasteiger partial charge >= 0.3 is 11.9 Å². The van der Waals surface area contributed by atoms with E-state index in [1.807, 2.05) is 0 Å². The quantitative estimate of drug-likeness (QED) is 0.719. The van der Waals surface area contributed by atoms with Crippen molar-refractivity contribution < 1.29 is 24.5 Å². The zero-order valence-electron chi connectivity index (χ0n) is 10.7. The molecule has 0 radical (unpaired) electrons. The van der Waals surface area contributed by atoms with Gasteiger partial charge in [0, 0.05) is 0 Å². The van der Waals surface area contributed by atoms with Crippen molar-refractivity contribution in [3.8, 4) is 5.88 Å². The Bertz CT molecular complexity index is 461. The number of ether oxygens (including phenoxy) is 1. The Labute approximate surface area is 109 Å². The Balaban J connectivity index is 3.10. The van der Waals surface area contributed by atoms with Crippen LogP contribution in [0.2, 0.25) is 0 Å². The number of carboxylic acid groups (broad SMARTS) is 2. The molecule has 0 unspecified atom stereocenters. The third kappa shape index (κ3) is 4.09. The molecule has 8 nitrogen and oxygen atoms in total. The van der Waals surface area contributed by atoms with Crippen LogP contribution >= 0.6 is 0 Å². The maximum absolute atomic E-state index is 10.8. The summed E-state index contributed by atoms with van der Waals surface area (Å²) in [5.74, 6) is -1.73. The monoisotopic (exact) mass is 269 g/mol. The molecule has 0 aromatic carbocycles. The summed E-state index contributed by atoms with van der Waals surface area (Å²) < 4.78 is 5.26. The van der Waals surface area contributed by atoms with Gasteiger partial charge in [-0.25, -0.2) is 9.97 Å². The molecule has 0 saturated carbocycles. The molecule has 1 heterocycles. The van der Waals surface area contributed by atoms with Crippen molar-refractivity contribution in [2.45, 2.75) is 13.8 Å². The van der Waals surface area contributed by atoms with Crippen LogP contribution in [-0.4, -0.2) is 51.8 Å². The van der Waals surface area contributed by atoms with Crippen molar-refractivity contribution in [3.63, 3.8) is 0 Å². The van der Waals surface area contributed by atoms with Crippen LogP contribution in [0.1, 0.15) is 12.5 Å². The molecule has 0 aliphatic rings. The fraction of sp³-hybridized carbons (Fsp3) is 0.455. The Morgan fingerprint density at radius 3 is 2.32 bits per heavy atom. The molecule has 2 N–H and O–H groups in total. The zero-order chi connectivity index (χ0) is 14.4. The van der Waals surface area contributed by atoms with Crippen molar-refractivity contribution in [2.75, 3.05) is 24.6 Å². The van der Waals surface area contributed by atoms with E-state index in [4.69, 9.17) is 14.9 Å². The lowest BCUT2D eigenvalue weighted by molar-refractivity contribution is -0.136. The predicted molar refractivity (Wildman–Crippen MR) is 65.4 cm³/mol. The fourth-order valence-corrected chi connectivity index (χ4v) is 1.56. The molecule has 8 heteroatoms. The second-order valence-electron chi connectivity index (χ2n) is 3.70. The molecule has 104 valence electrons. The van der Waals surface area contributed by atoms with Gasteiger partial charge in [-0.3, -0.25) is 9.59 Å². The molecule has 1 aromatic rings. The summed E-state index contributed by atoms with van der Waals surface area (Å²) in [6.45, 7) is 2.91. The third-order valence-electron chi connectivity index (χ3n) is 2.24. The summed E-state index contributed by atoms with van der Waals surface area (Å²) in [5.41, 5.74) is 0.506. The maximum atomic E-state index is 10.8. The second kappa shape index (κ2) is 6.53. The molecule has 0 aliphatic heterocycles. The van der Waals surface area contributed by atoms with Crippen molar-refractivity contribution in [1.29, 1.82) is 0 Å². The van der Waals surface area contributed by atoms with Gasteiger partial charge in [0.2, 0.25) is 5.88 Å². The smallest absolute Gasteiger partial charge is 0.323 e. The van der Waals surface area contributed by atoms with E-state index in [0.29, 0.717) is 18.1 Å². The Kier molecular flexibility index (Phi) is 5.04. The van der Waals surface area contributed by atoms with E-state index in [1.165, 1.54) is 6.33 Å². The van der Waals surface area contributed by atoms with Crippen LogP contribution in [-0.2, 0) is 9.59 Å². The van der Waals surface area contributed by atoms with Crippen molar-refractivity contribution in [1.82, 2.24) is 9.97 Å². The number of hydrogen-bond donors (Lipinski definition) is 2. The number of aromatic nitrogens is 2.